The monoisotopic (exact) mass is 269 g/mol. The van der Waals surface area contributed by atoms with Crippen LogP contribution in [0, 0.1) is 0 Å². The van der Waals surface area contributed by atoms with E-state index in [1.807, 2.05) is 30.3 Å². The first-order valence-corrected chi connectivity index (χ1v) is 5.76. The van der Waals surface area contributed by atoms with E-state index in [0.29, 0.717) is 12.6 Å². The minimum atomic E-state index is 0.330. The number of rotatable bonds is 6. The summed E-state index contributed by atoms with van der Waals surface area (Å²) >= 11 is 3.40. The van der Waals surface area contributed by atoms with Crippen molar-refractivity contribution >= 4 is 15.9 Å². The highest BCUT2D eigenvalue weighted by molar-refractivity contribution is 9.10. The van der Waals surface area contributed by atoms with Crippen molar-refractivity contribution < 1.29 is 4.74 Å². The maximum Gasteiger partial charge on any atom is 0.120 e. The third-order valence-corrected chi connectivity index (χ3v) is 2.48. The predicted molar refractivity (Wildman–Crippen MR) is 67.3 cm³/mol. The molecule has 0 heterocycles. The van der Waals surface area contributed by atoms with Crippen molar-refractivity contribution in [2.75, 3.05) is 13.2 Å². The number of hydrogen-bond donors (Lipinski definition) is 1. The van der Waals surface area contributed by atoms with Gasteiger partial charge in [0.15, 0.2) is 0 Å². The summed E-state index contributed by atoms with van der Waals surface area (Å²) in [7, 11) is 0. The molecule has 0 radical (unpaired) electrons. The fourth-order valence-corrected chi connectivity index (χ4v) is 1.47. The predicted octanol–water partition coefficient (Wildman–Crippen LogP) is 2.99. The summed E-state index contributed by atoms with van der Waals surface area (Å²) in [5, 5.41) is 3.26. The van der Waals surface area contributed by atoms with Gasteiger partial charge in [-0.05, 0) is 25.1 Å². The maximum atomic E-state index is 5.55. The summed E-state index contributed by atoms with van der Waals surface area (Å²) in [6.07, 6.45) is 1.87. The lowest BCUT2D eigenvalue weighted by atomic mass is 10.3. The van der Waals surface area contributed by atoms with Crippen LogP contribution in [0.2, 0.25) is 0 Å². The zero-order chi connectivity index (χ0) is 11.1. The second-order valence-electron chi connectivity index (χ2n) is 3.28. The van der Waals surface area contributed by atoms with Crippen LogP contribution in [0.15, 0.2) is 41.4 Å². The normalized spacial score (nSPS) is 12.1. The Morgan fingerprint density at radius 1 is 1.60 bits per heavy atom. The minimum absolute atomic E-state index is 0.330. The van der Waals surface area contributed by atoms with E-state index in [1.165, 1.54) is 0 Å². The topological polar surface area (TPSA) is 21.3 Å². The van der Waals surface area contributed by atoms with Crippen LogP contribution in [0.3, 0.4) is 0 Å². The van der Waals surface area contributed by atoms with Crippen molar-refractivity contribution in [3.05, 3.63) is 41.4 Å². The molecule has 0 amide bonds. The summed E-state index contributed by atoms with van der Waals surface area (Å²) in [5.74, 6) is 0.887. The molecule has 1 atom stereocenters. The van der Waals surface area contributed by atoms with Crippen molar-refractivity contribution in [1.29, 1.82) is 0 Å². The fraction of sp³-hybridized carbons (Fsp3) is 0.333. The first kappa shape index (κ1) is 12.3. The smallest absolute Gasteiger partial charge is 0.120 e. The van der Waals surface area contributed by atoms with Crippen molar-refractivity contribution in [2.24, 2.45) is 0 Å². The third kappa shape index (κ3) is 5.00. The third-order valence-electron chi connectivity index (χ3n) is 1.99. The molecule has 0 spiro atoms. The minimum Gasteiger partial charge on any atom is -0.492 e. The van der Waals surface area contributed by atoms with E-state index in [4.69, 9.17) is 4.74 Å². The molecule has 1 aromatic carbocycles. The van der Waals surface area contributed by atoms with Gasteiger partial charge in [0, 0.05) is 17.1 Å². The highest BCUT2D eigenvalue weighted by Gasteiger charge is 1.96. The van der Waals surface area contributed by atoms with Gasteiger partial charge in [-0.1, -0.05) is 28.1 Å². The summed E-state index contributed by atoms with van der Waals surface area (Å²) in [6.45, 7) is 7.24. The molecular weight excluding hydrogens is 254 g/mol. The summed E-state index contributed by atoms with van der Waals surface area (Å²) in [4.78, 5) is 0. The largest absolute Gasteiger partial charge is 0.492 e. The molecular formula is C12H16BrNO. The molecule has 3 heteroatoms. The fourth-order valence-electron chi connectivity index (χ4n) is 1.10. The number of ether oxygens (including phenoxy) is 1. The number of halogens is 1. The molecule has 15 heavy (non-hydrogen) atoms. The van der Waals surface area contributed by atoms with Crippen molar-refractivity contribution in [2.45, 2.75) is 13.0 Å². The van der Waals surface area contributed by atoms with Crippen LogP contribution in [0.5, 0.6) is 5.75 Å². The quantitative estimate of drug-likeness (QED) is 0.633. The Kier molecular flexibility index (Phi) is 5.43. The molecule has 1 rings (SSSR count). The Bertz CT molecular complexity index is 314. The molecule has 0 saturated carbocycles. The lowest BCUT2D eigenvalue weighted by molar-refractivity contribution is 0.311. The first-order chi connectivity index (χ1) is 7.22. The van der Waals surface area contributed by atoms with E-state index in [1.54, 1.807) is 0 Å². The molecule has 2 nitrogen and oxygen atoms in total. The summed E-state index contributed by atoms with van der Waals surface area (Å²) in [5.41, 5.74) is 0. The number of benzene rings is 1. The van der Waals surface area contributed by atoms with Gasteiger partial charge in [0.2, 0.25) is 0 Å². The highest BCUT2D eigenvalue weighted by Crippen LogP contribution is 2.17. The van der Waals surface area contributed by atoms with Crippen LogP contribution in [0.4, 0.5) is 0 Å². The van der Waals surface area contributed by atoms with E-state index in [-0.39, 0.29) is 0 Å². The van der Waals surface area contributed by atoms with E-state index in [9.17, 15) is 0 Å². The van der Waals surface area contributed by atoms with Crippen LogP contribution in [-0.4, -0.2) is 19.2 Å². The molecule has 0 aliphatic heterocycles. The zero-order valence-corrected chi connectivity index (χ0v) is 10.5. The second-order valence-corrected chi connectivity index (χ2v) is 4.20. The summed E-state index contributed by atoms with van der Waals surface area (Å²) in [6, 6.07) is 8.17. The highest BCUT2D eigenvalue weighted by atomic mass is 79.9. The lowest BCUT2D eigenvalue weighted by Crippen LogP contribution is -2.28. The van der Waals surface area contributed by atoms with E-state index >= 15 is 0 Å². The molecule has 1 unspecified atom stereocenters. The molecule has 0 aliphatic rings. The molecule has 82 valence electrons. The molecule has 0 aromatic heterocycles. The molecule has 0 saturated heterocycles. The van der Waals surface area contributed by atoms with E-state index in [0.717, 1.165) is 16.8 Å². The van der Waals surface area contributed by atoms with Crippen LogP contribution in [-0.2, 0) is 0 Å². The van der Waals surface area contributed by atoms with Crippen LogP contribution in [0.25, 0.3) is 0 Å². The average molecular weight is 270 g/mol. The molecule has 1 N–H and O–H groups in total. The maximum absolute atomic E-state index is 5.55. The Labute approximate surface area is 99.5 Å². The van der Waals surface area contributed by atoms with Gasteiger partial charge in [-0.15, -0.1) is 6.58 Å². The van der Waals surface area contributed by atoms with Crippen molar-refractivity contribution in [3.8, 4) is 5.75 Å². The Balaban J connectivity index is 2.23. The Morgan fingerprint density at radius 3 is 3.07 bits per heavy atom. The van der Waals surface area contributed by atoms with Gasteiger partial charge in [0.25, 0.3) is 0 Å². The molecule has 1 aromatic rings. The van der Waals surface area contributed by atoms with Crippen molar-refractivity contribution in [1.82, 2.24) is 5.32 Å². The molecule has 0 bridgehead atoms. The standard InChI is InChI=1S/C12H16BrNO/c1-3-10(2)14-7-8-15-12-6-4-5-11(13)9-12/h3-6,9-10,14H,1,7-8H2,2H3. The van der Waals surface area contributed by atoms with Crippen LogP contribution < -0.4 is 10.1 Å². The zero-order valence-electron chi connectivity index (χ0n) is 8.87. The Hall–Kier alpha value is -0.800. The van der Waals surface area contributed by atoms with Gasteiger partial charge >= 0.3 is 0 Å². The molecule has 0 fully saturated rings. The SMILES string of the molecule is C=CC(C)NCCOc1cccc(Br)c1. The lowest BCUT2D eigenvalue weighted by Gasteiger charge is -2.10. The van der Waals surface area contributed by atoms with Crippen LogP contribution in [0.1, 0.15) is 6.92 Å². The summed E-state index contributed by atoms with van der Waals surface area (Å²) < 4.78 is 6.59. The van der Waals surface area contributed by atoms with Gasteiger partial charge < -0.3 is 10.1 Å². The van der Waals surface area contributed by atoms with Gasteiger partial charge in [-0.2, -0.15) is 0 Å². The van der Waals surface area contributed by atoms with E-state index in [2.05, 4.69) is 34.7 Å². The second kappa shape index (κ2) is 6.64. The first-order valence-electron chi connectivity index (χ1n) is 4.96. The van der Waals surface area contributed by atoms with Gasteiger partial charge in [0.05, 0.1) is 0 Å². The van der Waals surface area contributed by atoms with Gasteiger partial charge in [-0.3, -0.25) is 0 Å². The number of nitrogens with one attached hydrogen (secondary N) is 1. The number of hydrogen-bond acceptors (Lipinski definition) is 2. The molecule has 0 aliphatic carbocycles. The van der Waals surface area contributed by atoms with E-state index < -0.39 is 0 Å². The Morgan fingerprint density at radius 2 is 2.40 bits per heavy atom. The van der Waals surface area contributed by atoms with Gasteiger partial charge in [-0.25, -0.2) is 0 Å². The van der Waals surface area contributed by atoms with Gasteiger partial charge in [0.1, 0.15) is 12.4 Å². The average Bonchev–Trinajstić information content (AvgIpc) is 2.24. The van der Waals surface area contributed by atoms with Crippen LogP contribution >= 0.6 is 15.9 Å². The van der Waals surface area contributed by atoms with Crippen molar-refractivity contribution in [3.63, 3.8) is 0 Å².